The number of thiophene rings is 1. The van der Waals surface area contributed by atoms with E-state index in [2.05, 4.69) is 18.2 Å². The van der Waals surface area contributed by atoms with Crippen LogP contribution in [0.1, 0.15) is 0 Å². The third-order valence-corrected chi connectivity index (χ3v) is 2.77. The Balaban J connectivity index is 2.47. The van der Waals surface area contributed by atoms with Crippen LogP contribution in [0.15, 0.2) is 41.8 Å². The molecule has 66 valence electrons. The van der Waals surface area contributed by atoms with Gasteiger partial charge in [0.1, 0.15) is 0 Å². The number of rotatable bonds is 2. The highest BCUT2D eigenvalue weighted by molar-refractivity contribution is 7.12. The molecule has 0 aliphatic rings. The van der Waals surface area contributed by atoms with E-state index in [4.69, 9.17) is 4.74 Å². The normalized spacial score (nSPS) is 9.92. The van der Waals surface area contributed by atoms with Crippen LogP contribution in [0.3, 0.4) is 0 Å². The number of benzene rings is 1. The minimum absolute atomic E-state index is 0.978. The molecule has 1 heterocycles. The molecule has 0 atom stereocenters. The van der Waals surface area contributed by atoms with Crippen LogP contribution in [-0.2, 0) is 0 Å². The first-order valence-corrected chi connectivity index (χ1v) is 4.96. The summed E-state index contributed by atoms with van der Waals surface area (Å²) in [6.07, 6.45) is 0. The van der Waals surface area contributed by atoms with E-state index in [0.29, 0.717) is 0 Å². The summed E-state index contributed by atoms with van der Waals surface area (Å²) in [5.41, 5.74) is 2.38. The Kier molecular flexibility index (Phi) is 2.32. The van der Waals surface area contributed by atoms with E-state index in [9.17, 15) is 0 Å². The van der Waals surface area contributed by atoms with E-state index in [0.717, 1.165) is 5.06 Å². The molecule has 0 spiro atoms. The molecule has 0 aliphatic heterocycles. The van der Waals surface area contributed by atoms with Gasteiger partial charge in [0, 0.05) is 5.56 Å². The van der Waals surface area contributed by atoms with Gasteiger partial charge in [0.2, 0.25) is 0 Å². The van der Waals surface area contributed by atoms with E-state index in [1.807, 2.05) is 23.6 Å². The zero-order chi connectivity index (χ0) is 9.10. The predicted octanol–water partition coefficient (Wildman–Crippen LogP) is 3.42. The van der Waals surface area contributed by atoms with Crippen molar-refractivity contribution in [3.63, 3.8) is 0 Å². The van der Waals surface area contributed by atoms with Crippen LogP contribution in [0.2, 0.25) is 0 Å². The van der Waals surface area contributed by atoms with Crippen LogP contribution in [-0.4, -0.2) is 7.11 Å². The van der Waals surface area contributed by atoms with Gasteiger partial charge in [-0.2, -0.15) is 0 Å². The van der Waals surface area contributed by atoms with Gasteiger partial charge in [0.05, 0.1) is 7.11 Å². The fraction of sp³-hybridized carbons (Fsp3) is 0.0909. The van der Waals surface area contributed by atoms with Crippen LogP contribution < -0.4 is 4.74 Å². The quantitative estimate of drug-likeness (QED) is 0.705. The summed E-state index contributed by atoms with van der Waals surface area (Å²) >= 11 is 1.62. The molecule has 2 aromatic rings. The third kappa shape index (κ3) is 1.58. The van der Waals surface area contributed by atoms with Crippen LogP contribution in [0.5, 0.6) is 5.06 Å². The van der Waals surface area contributed by atoms with Crippen molar-refractivity contribution in [3.05, 3.63) is 41.8 Å². The molecule has 0 amide bonds. The van der Waals surface area contributed by atoms with E-state index >= 15 is 0 Å². The first-order valence-electron chi connectivity index (χ1n) is 4.08. The standard InChI is InChI=1S/C11H10OS/c1-12-11-10(7-8-13-11)9-5-3-2-4-6-9/h2-8H,1H3. The highest BCUT2D eigenvalue weighted by atomic mass is 32.1. The molecular formula is C11H10OS. The molecule has 0 fully saturated rings. The fourth-order valence-corrected chi connectivity index (χ4v) is 2.02. The Morgan fingerprint density at radius 3 is 2.54 bits per heavy atom. The summed E-state index contributed by atoms with van der Waals surface area (Å²) in [7, 11) is 1.71. The van der Waals surface area contributed by atoms with Gasteiger partial charge >= 0.3 is 0 Å². The molecule has 0 aliphatic carbocycles. The molecule has 0 bridgehead atoms. The number of hydrogen-bond donors (Lipinski definition) is 0. The summed E-state index contributed by atoms with van der Waals surface area (Å²) < 4.78 is 5.26. The molecule has 0 unspecified atom stereocenters. The van der Waals surface area contributed by atoms with Gasteiger partial charge in [-0.3, -0.25) is 0 Å². The van der Waals surface area contributed by atoms with Gasteiger partial charge < -0.3 is 4.74 Å². The zero-order valence-corrected chi connectivity index (χ0v) is 8.17. The van der Waals surface area contributed by atoms with Gasteiger partial charge in [-0.25, -0.2) is 0 Å². The average molecular weight is 190 g/mol. The Bertz CT molecular complexity index is 378. The lowest BCUT2D eigenvalue weighted by Gasteiger charge is -2.01. The van der Waals surface area contributed by atoms with Crippen LogP contribution in [0.4, 0.5) is 0 Å². The Labute approximate surface area is 81.6 Å². The minimum atomic E-state index is 0.978. The van der Waals surface area contributed by atoms with Crippen LogP contribution in [0, 0.1) is 0 Å². The Hall–Kier alpha value is -1.28. The van der Waals surface area contributed by atoms with Gasteiger partial charge in [-0.1, -0.05) is 30.3 Å². The summed E-state index contributed by atoms with van der Waals surface area (Å²) in [5.74, 6) is 0. The summed E-state index contributed by atoms with van der Waals surface area (Å²) in [6, 6.07) is 12.3. The van der Waals surface area contributed by atoms with Gasteiger partial charge in [-0.05, 0) is 17.0 Å². The highest BCUT2D eigenvalue weighted by Gasteiger charge is 2.05. The lowest BCUT2D eigenvalue weighted by molar-refractivity contribution is 0.428. The Morgan fingerprint density at radius 1 is 1.08 bits per heavy atom. The average Bonchev–Trinajstić information content (AvgIpc) is 2.67. The zero-order valence-electron chi connectivity index (χ0n) is 7.36. The van der Waals surface area contributed by atoms with Gasteiger partial charge in [-0.15, -0.1) is 11.3 Å². The monoisotopic (exact) mass is 190 g/mol. The largest absolute Gasteiger partial charge is 0.487 e. The molecule has 1 aromatic heterocycles. The molecular weight excluding hydrogens is 180 g/mol. The van der Waals surface area contributed by atoms with Crippen molar-refractivity contribution in [1.82, 2.24) is 0 Å². The molecule has 1 nitrogen and oxygen atoms in total. The summed E-state index contributed by atoms with van der Waals surface area (Å²) in [4.78, 5) is 0. The molecule has 0 saturated carbocycles. The predicted molar refractivity (Wildman–Crippen MR) is 56.3 cm³/mol. The lowest BCUT2D eigenvalue weighted by Crippen LogP contribution is -1.81. The van der Waals surface area contributed by atoms with Crippen molar-refractivity contribution >= 4 is 11.3 Å². The van der Waals surface area contributed by atoms with Crippen LogP contribution >= 0.6 is 11.3 Å². The molecule has 0 saturated heterocycles. The van der Waals surface area contributed by atoms with Crippen molar-refractivity contribution in [2.75, 3.05) is 7.11 Å². The van der Waals surface area contributed by atoms with Crippen molar-refractivity contribution in [2.45, 2.75) is 0 Å². The maximum Gasteiger partial charge on any atom is 0.181 e. The van der Waals surface area contributed by atoms with E-state index in [-0.39, 0.29) is 0 Å². The second-order valence-electron chi connectivity index (χ2n) is 2.69. The molecule has 2 rings (SSSR count). The highest BCUT2D eigenvalue weighted by Crippen LogP contribution is 2.34. The van der Waals surface area contributed by atoms with Crippen molar-refractivity contribution < 1.29 is 4.74 Å². The second kappa shape index (κ2) is 3.62. The third-order valence-electron chi connectivity index (χ3n) is 1.90. The topological polar surface area (TPSA) is 9.23 Å². The summed E-state index contributed by atoms with van der Waals surface area (Å²) in [5, 5.41) is 3.02. The summed E-state index contributed by atoms with van der Waals surface area (Å²) in [6.45, 7) is 0. The number of ether oxygens (including phenoxy) is 1. The number of hydrogen-bond acceptors (Lipinski definition) is 2. The van der Waals surface area contributed by atoms with Crippen molar-refractivity contribution in [3.8, 4) is 16.2 Å². The first-order chi connectivity index (χ1) is 6.42. The van der Waals surface area contributed by atoms with E-state index in [1.165, 1.54) is 11.1 Å². The molecule has 0 N–H and O–H groups in total. The minimum Gasteiger partial charge on any atom is -0.487 e. The smallest absolute Gasteiger partial charge is 0.181 e. The SMILES string of the molecule is COc1sccc1-c1ccccc1. The van der Waals surface area contributed by atoms with Crippen LogP contribution in [0.25, 0.3) is 11.1 Å². The fourth-order valence-electron chi connectivity index (χ4n) is 1.29. The lowest BCUT2D eigenvalue weighted by atomic mass is 10.1. The maximum absolute atomic E-state index is 5.26. The second-order valence-corrected chi connectivity index (χ2v) is 3.57. The number of methoxy groups -OCH3 is 1. The van der Waals surface area contributed by atoms with E-state index < -0.39 is 0 Å². The van der Waals surface area contributed by atoms with Crippen molar-refractivity contribution in [1.29, 1.82) is 0 Å². The molecule has 0 radical (unpaired) electrons. The molecule has 13 heavy (non-hydrogen) atoms. The molecule has 1 aromatic carbocycles. The first kappa shape index (κ1) is 8.32. The van der Waals surface area contributed by atoms with Gasteiger partial charge in [0.15, 0.2) is 5.06 Å². The van der Waals surface area contributed by atoms with Gasteiger partial charge in [0.25, 0.3) is 0 Å². The molecule has 2 heteroatoms. The Morgan fingerprint density at radius 2 is 1.85 bits per heavy atom. The van der Waals surface area contributed by atoms with Crippen molar-refractivity contribution in [2.24, 2.45) is 0 Å². The maximum atomic E-state index is 5.26. The van der Waals surface area contributed by atoms with E-state index in [1.54, 1.807) is 18.4 Å².